The van der Waals surface area contributed by atoms with Crippen LogP contribution in [0.4, 0.5) is 10.1 Å². The number of fused-ring (bicyclic) bond motifs is 1. The molecule has 0 spiro atoms. The maximum atomic E-state index is 13.3. The first-order chi connectivity index (χ1) is 10.0. The fourth-order valence-electron chi connectivity index (χ4n) is 2.72. The lowest BCUT2D eigenvalue weighted by atomic mass is 10.1. The summed E-state index contributed by atoms with van der Waals surface area (Å²) >= 11 is 0. The van der Waals surface area contributed by atoms with Crippen molar-refractivity contribution in [1.82, 2.24) is 5.32 Å². The van der Waals surface area contributed by atoms with E-state index in [4.69, 9.17) is 5.73 Å². The predicted octanol–water partition coefficient (Wildman–Crippen LogP) is 1.80. The number of aliphatic hydroxyl groups excluding tert-OH is 1. The third-order valence-electron chi connectivity index (χ3n) is 3.67. The average molecular weight is 286 g/mol. The van der Waals surface area contributed by atoms with Gasteiger partial charge in [0.1, 0.15) is 5.82 Å². The molecule has 0 aromatic heterocycles. The molecule has 4 N–H and O–H groups in total. The Morgan fingerprint density at radius 3 is 2.81 bits per heavy atom. The molecule has 0 radical (unpaired) electrons. The van der Waals surface area contributed by atoms with Crippen LogP contribution in [0.1, 0.15) is 27.5 Å². The molecule has 2 aromatic carbocycles. The Kier molecular flexibility index (Phi) is 3.35. The van der Waals surface area contributed by atoms with Crippen molar-refractivity contribution in [2.45, 2.75) is 18.6 Å². The number of rotatable bonds is 2. The molecule has 0 heterocycles. The lowest BCUT2D eigenvalue weighted by Gasteiger charge is -2.18. The van der Waals surface area contributed by atoms with Crippen molar-refractivity contribution in [3.63, 3.8) is 0 Å². The number of hydrogen-bond acceptors (Lipinski definition) is 3. The Balaban J connectivity index is 1.85. The van der Waals surface area contributed by atoms with Gasteiger partial charge in [0.05, 0.1) is 12.1 Å². The highest BCUT2D eigenvalue weighted by atomic mass is 19.1. The fourth-order valence-corrected chi connectivity index (χ4v) is 2.72. The molecule has 1 aliphatic rings. The van der Waals surface area contributed by atoms with Gasteiger partial charge in [-0.1, -0.05) is 24.3 Å². The summed E-state index contributed by atoms with van der Waals surface area (Å²) < 4.78 is 13.3. The van der Waals surface area contributed by atoms with Gasteiger partial charge in [-0.2, -0.15) is 0 Å². The number of anilines is 1. The van der Waals surface area contributed by atoms with E-state index in [0.29, 0.717) is 6.42 Å². The minimum absolute atomic E-state index is 0.143. The van der Waals surface area contributed by atoms with Crippen molar-refractivity contribution in [1.29, 1.82) is 0 Å². The number of nitrogens with one attached hydrogen (secondary N) is 1. The van der Waals surface area contributed by atoms with E-state index < -0.39 is 23.9 Å². The van der Waals surface area contributed by atoms with E-state index in [1.165, 1.54) is 6.07 Å². The van der Waals surface area contributed by atoms with E-state index in [-0.39, 0.29) is 11.3 Å². The molecule has 2 atom stereocenters. The van der Waals surface area contributed by atoms with Crippen LogP contribution >= 0.6 is 0 Å². The molecule has 108 valence electrons. The van der Waals surface area contributed by atoms with Gasteiger partial charge in [0.2, 0.25) is 0 Å². The van der Waals surface area contributed by atoms with Crippen LogP contribution in [0.5, 0.6) is 0 Å². The van der Waals surface area contributed by atoms with Crippen LogP contribution in [0.25, 0.3) is 0 Å². The number of aliphatic hydroxyl groups is 1. The van der Waals surface area contributed by atoms with Gasteiger partial charge < -0.3 is 16.2 Å². The van der Waals surface area contributed by atoms with Crippen molar-refractivity contribution >= 4 is 11.6 Å². The van der Waals surface area contributed by atoms with Crippen LogP contribution in [0.15, 0.2) is 42.5 Å². The van der Waals surface area contributed by atoms with Crippen LogP contribution in [0, 0.1) is 5.82 Å². The Morgan fingerprint density at radius 2 is 2.05 bits per heavy atom. The number of hydrogen-bond donors (Lipinski definition) is 3. The summed E-state index contributed by atoms with van der Waals surface area (Å²) in [6, 6.07) is 10.7. The first kappa shape index (κ1) is 13.6. The molecule has 4 nitrogen and oxygen atoms in total. The molecule has 1 amide bonds. The van der Waals surface area contributed by atoms with Gasteiger partial charge in [-0.05, 0) is 29.3 Å². The van der Waals surface area contributed by atoms with E-state index >= 15 is 0 Å². The molecule has 5 heteroatoms. The molecule has 1 aliphatic carbocycles. The van der Waals surface area contributed by atoms with Crippen LogP contribution in [0.2, 0.25) is 0 Å². The molecular formula is C16H15FN2O2. The third-order valence-corrected chi connectivity index (χ3v) is 3.67. The van der Waals surface area contributed by atoms with Gasteiger partial charge in [0.15, 0.2) is 0 Å². The van der Waals surface area contributed by atoms with Gasteiger partial charge in [-0.15, -0.1) is 0 Å². The highest BCUT2D eigenvalue weighted by Gasteiger charge is 2.32. The second kappa shape index (κ2) is 5.18. The molecule has 0 fully saturated rings. The van der Waals surface area contributed by atoms with Crippen molar-refractivity contribution in [3.05, 3.63) is 65.0 Å². The summed E-state index contributed by atoms with van der Waals surface area (Å²) in [5, 5.41) is 12.8. The Labute approximate surface area is 121 Å². The van der Waals surface area contributed by atoms with E-state index in [9.17, 15) is 14.3 Å². The number of halogens is 1. The van der Waals surface area contributed by atoms with Crippen LogP contribution in [-0.2, 0) is 6.42 Å². The first-order valence-electron chi connectivity index (χ1n) is 6.67. The monoisotopic (exact) mass is 286 g/mol. The summed E-state index contributed by atoms with van der Waals surface area (Å²) in [7, 11) is 0. The zero-order chi connectivity index (χ0) is 15.0. The smallest absolute Gasteiger partial charge is 0.252 e. The largest absolute Gasteiger partial charge is 0.399 e. The van der Waals surface area contributed by atoms with E-state index in [2.05, 4.69) is 5.32 Å². The first-order valence-corrected chi connectivity index (χ1v) is 6.67. The maximum absolute atomic E-state index is 13.3. The van der Waals surface area contributed by atoms with Crippen molar-refractivity contribution in [3.8, 4) is 0 Å². The predicted molar refractivity (Wildman–Crippen MR) is 77.2 cm³/mol. The summed E-state index contributed by atoms with van der Waals surface area (Å²) in [5.74, 6) is -1.02. The quantitative estimate of drug-likeness (QED) is 0.737. The molecule has 0 aliphatic heterocycles. The van der Waals surface area contributed by atoms with Crippen LogP contribution < -0.4 is 11.1 Å². The zero-order valence-electron chi connectivity index (χ0n) is 11.2. The molecule has 21 heavy (non-hydrogen) atoms. The molecule has 2 aromatic rings. The van der Waals surface area contributed by atoms with Crippen molar-refractivity contribution in [2.75, 3.05) is 5.73 Å². The van der Waals surface area contributed by atoms with Gasteiger partial charge >= 0.3 is 0 Å². The number of carbonyl (C=O) groups is 1. The molecule has 0 saturated carbocycles. The van der Waals surface area contributed by atoms with Gasteiger partial charge in [0, 0.05) is 17.7 Å². The normalized spacial score (nSPS) is 20.1. The summed E-state index contributed by atoms with van der Waals surface area (Å²) in [6.45, 7) is 0. The Morgan fingerprint density at radius 1 is 1.29 bits per heavy atom. The molecule has 0 unspecified atom stereocenters. The number of nitrogens with two attached hydrogens (primary N) is 1. The number of nitrogen functional groups attached to an aromatic ring is 1. The summed E-state index contributed by atoms with van der Waals surface area (Å²) in [6.07, 6.45) is -0.191. The molecular weight excluding hydrogens is 271 g/mol. The Hall–Kier alpha value is -2.40. The van der Waals surface area contributed by atoms with Gasteiger partial charge in [0.25, 0.3) is 5.91 Å². The van der Waals surface area contributed by atoms with E-state index in [0.717, 1.165) is 23.3 Å². The van der Waals surface area contributed by atoms with E-state index in [1.54, 1.807) is 0 Å². The summed E-state index contributed by atoms with van der Waals surface area (Å²) in [4.78, 5) is 12.2. The fraction of sp³-hybridized carbons (Fsp3) is 0.188. The highest BCUT2D eigenvalue weighted by Crippen LogP contribution is 2.31. The van der Waals surface area contributed by atoms with Crippen LogP contribution in [-0.4, -0.2) is 17.1 Å². The highest BCUT2D eigenvalue weighted by molar-refractivity contribution is 5.95. The van der Waals surface area contributed by atoms with Gasteiger partial charge in [-0.25, -0.2) is 4.39 Å². The minimum atomic E-state index is -0.683. The lowest BCUT2D eigenvalue weighted by molar-refractivity contribution is 0.0858. The SMILES string of the molecule is Nc1cc(F)cc(C(=O)N[C@H]2c3ccccc3C[C@H]2O)c1. The van der Waals surface area contributed by atoms with Crippen molar-refractivity contribution < 1.29 is 14.3 Å². The van der Waals surface area contributed by atoms with Crippen LogP contribution in [0.3, 0.4) is 0 Å². The number of amides is 1. The van der Waals surface area contributed by atoms with E-state index in [1.807, 2.05) is 24.3 Å². The number of benzene rings is 2. The van der Waals surface area contributed by atoms with Crippen molar-refractivity contribution in [2.24, 2.45) is 0 Å². The molecule has 0 saturated heterocycles. The standard InChI is InChI=1S/C16H15FN2O2/c17-11-5-10(6-12(18)8-11)16(21)19-15-13-4-2-1-3-9(13)7-14(15)20/h1-6,8,14-15,20H,7,18H2,(H,19,21)/t14-,15+/m1/s1. The average Bonchev–Trinajstić information content (AvgIpc) is 2.74. The number of carbonyl (C=O) groups excluding carboxylic acids is 1. The second-order valence-corrected chi connectivity index (χ2v) is 5.19. The molecule has 0 bridgehead atoms. The minimum Gasteiger partial charge on any atom is -0.399 e. The Bertz CT molecular complexity index is 682. The zero-order valence-corrected chi connectivity index (χ0v) is 11.2. The topological polar surface area (TPSA) is 75.4 Å². The summed E-state index contributed by atoms with van der Waals surface area (Å²) in [5.41, 5.74) is 7.77. The second-order valence-electron chi connectivity index (χ2n) is 5.19. The lowest BCUT2D eigenvalue weighted by Crippen LogP contribution is -2.33. The third kappa shape index (κ3) is 2.60. The maximum Gasteiger partial charge on any atom is 0.252 e. The van der Waals surface area contributed by atoms with Gasteiger partial charge in [-0.3, -0.25) is 4.79 Å². The molecule has 3 rings (SSSR count).